The first kappa shape index (κ1) is 15.2. The Bertz CT molecular complexity index is 292. The summed E-state index contributed by atoms with van der Waals surface area (Å²) in [7, 11) is 1.70. The Hall–Kier alpha value is -0.890. The molecule has 0 aromatic heterocycles. The quantitative estimate of drug-likeness (QED) is 0.482. The van der Waals surface area contributed by atoms with Gasteiger partial charge < -0.3 is 9.53 Å². The molecule has 0 saturated carbocycles. The standard InChI is InChI=1S/C16H26O2/c1-4-6-10-14(5-2)15(13-17)16(18-3)11-8-7-9-12-16/h8-9,11-15H,4-7,10H2,1-3H3. The minimum absolute atomic E-state index is 0.0770. The molecule has 0 heterocycles. The van der Waals surface area contributed by atoms with Crippen molar-refractivity contribution in [2.24, 2.45) is 11.8 Å². The highest BCUT2D eigenvalue weighted by molar-refractivity contribution is 5.59. The molecule has 0 N–H and O–H groups in total. The maximum Gasteiger partial charge on any atom is 0.126 e. The highest BCUT2D eigenvalue weighted by Gasteiger charge is 2.39. The Morgan fingerprint density at radius 2 is 2.00 bits per heavy atom. The summed E-state index contributed by atoms with van der Waals surface area (Å²) < 4.78 is 5.69. The molecule has 0 aromatic rings. The topological polar surface area (TPSA) is 26.3 Å². The predicted molar refractivity (Wildman–Crippen MR) is 75.5 cm³/mol. The van der Waals surface area contributed by atoms with Crippen molar-refractivity contribution in [2.45, 2.75) is 51.6 Å². The number of hydrogen-bond acceptors (Lipinski definition) is 2. The number of allylic oxidation sites excluding steroid dienone is 2. The summed E-state index contributed by atoms with van der Waals surface area (Å²) in [4.78, 5) is 11.6. The fourth-order valence-electron chi connectivity index (χ4n) is 2.82. The molecule has 0 spiro atoms. The molecule has 0 aromatic carbocycles. The molecule has 2 nitrogen and oxygen atoms in total. The normalized spacial score (nSPS) is 20.6. The molecule has 0 bridgehead atoms. The van der Waals surface area contributed by atoms with Crippen LogP contribution in [0.25, 0.3) is 0 Å². The van der Waals surface area contributed by atoms with E-state index in [9.17, 15) is 4.79 Å². The summed E-state index contributed by atoms with van der Waals surface area (Å²) in [6, 6.07) is 0. The largest absolute Gasteiger partial charge is 0.369 e. The van der Waals surface area contributed by atoms with E-state index < -0.39 is 5.60 Å². The van der Waals surface area contributed by atoms with Gasteiger partial charge in [-0.2, -0.15) is 0 Å². The number of unbranched alkanes of at least 4 members (excludes halogenated alkanes) is 1. The number of aldehydes is 1. The highest BCUT2D eigenvalue weighted by Crippen LogP contribution is 2.36. The third kappa shape index (κ3) is 3.32. The van der Waals surface area contributed by atoms with Crippen LogP contribution < -0.4 is 0 Å². The Morgan fingerprint density at radius 1 is 1.33 bits per heavy atom. The molecule has 1 aliphatic rings. The average Bonchev–Trinajstić information content (AvgIpc) is 2.44. The van der Waals surface area contributed by atoms with Crippen LogP contribution >= 0.6 is 0 Å². The van der Waals surface area contributed by atoms with Gasteiger partial charge in [-0.25, -0.2) is 0 Å². The lowest BCUT2D eigenvalue weighted by Gasteiger charge is -2.37. The van der Waals surface area contributed by atoms with E-state index in [1.165, 1.54) is 12.8 Å². The van der Waals surface area contributed by atoms with Crippen LogP contribution in [0, 0.1) is 11.8 Å². The third-order valence-corrected chi connectivity index (χ3v) is 4.01. The minimum atomic E-state index is -0.519. The SMILES string of the molecule is CCCCC(CC)C(C=O)C1(OC)C=CCC=C1. The van der Waals surface area contributed by atoms with E-state index in [0.29, 0.717) is 5.92 Å². The van der Waals surface area contributed by atoms with Crippen LogP contribution in [0.1, 0.15) is 46.0 Å². The summed E-state index contributed by atoms with van der Waals surface area (Å²) in [5, 5.41) is 0. The highest BCUT2D eigenvalue weighted by atomic mass is 16.5. The minimum Gasteiger partial charge on any atom is -0.369 e. The smallest absolute Gasteiger partial charge is 0.126 e. The Balaban J connectivity index is 2.90. The van der Waals surface area contributed by atoms with Gasteiger partial charge in [-0.05, 0) is 18.8 Å². The zero-order valence-corrected chi connectivity index (χ0v) is 11.9. The van der Waals surface area contributed by atoms with Crippen LogP contribution in [0.15, 0.2) is 24.3 Å². The molecule has 0 amide bonds. The van der Waals surface area contributed by atoms with Crippen LogP contribution in [0.5, 0.6) is 0 Å². The summed E-state index contributed by atoms with van der Waals surface area (Å²) in [5.41, 5.74) is -0.519. The van der Waals surface area contributed by atoms with Crippen molar-refractivity contribution in [1.29, 1.82) is 0 Å². The summed E-state index contributed by atoms with van der Waals surface area (Å²) >= 11 is 0. The molecule has 1 aliphatic carbocycles. The van der Waals surface area contributed by atoms with E-state index in [1.54, 1.807) is 7.11 Å². The maximum absolute atomic E-state index is 11.6. The lowest BCUT2D eigenvalue weighted by atomic mass is 9.74. The monoisotopic (exact) mass is 250 g/mol. The molecule has 1 rings (SSSR count). The fraction of sp³-hybridized carbons (Fsp3) is 0.688. The van der Waals surface area contributed by atoms with E-state index in [2.05, 4.69) is 38.2 Å². The molecule has 102 valence electrons. The van der Waals surface area contributed by atoms with Crippen molar-refractivity contribution in [3.63, 3.8) is 0 Å². The second-order valence-electron chi connectivity index (χ2n) is 5.07. The van der Waals surface area contributed by atoms with Crippen LogP contribution in [-0.4, -0.2) is 19.0 Å². The van der Waals surface area contributed by atoms with Crippen LogP contribution in [-0.2, 0) is 9.53 Å². The summed E-state index contributed by atoms with van der Waals surface area (Å²) in [5.74, 6) is 0.321. The Labute approximate surface area is 111 Å². The van der Waals surface area contributed by atoms with Gasteiger partial charge in [0, 0.05) is 7.11 Å². The molecular weight excluding hydrogens is 224 g/mol. The van der Waals surface area contributed by atoms with Gasteiger partial charge in [-0.15, -0.1) is 0 Å². The molecule has 2 heteroatoms. The van der Waals surface area contributed by atoms with Crippen LogP contribution in [0.4, 0.5) is 0 Å². The van der Waals surface area contributed by atoms with Gasteiger partial charge in [0.1, 0.15) is 11.9 Å². The number of methoxy groups -OCH3 is 1. The number of carbonyl (C=O) groups excluding carboxylic acids is 1. The first-order valence-electron chi connectivity index (χ1n) is 7.09. The van der Waals surface area contributed by atoms with E-state index in [0.717, 1.165) is 25.5 Å². The Kier molecular flexibility index (Phi) is 6.34. The predicted octanol–water partition coefficient (Wildman–Crippen LogP) is 3.92. The van der Waals surface area contributed by atoms with Crippen molar-refractivity contribution in [2.75, 3.05) is 7.11 Å². The van der Waals surface area contributed by atoms with Crippen molar-refractivity contribution in [3.8, 4) is 0 Å². The average molecular weight is 250 g/mol. The molecule has 0 saturated heterocycles. The number of hydrogen-bond donors (Lipinski definition) is 0. The van der Waals surface area contributed by atoms with E-state index in [-0.39, 0.29) is 5.92 Å². The number of ether oxygens (including phenoxy) is 1. The van der Waals surface area contributed by atoms with Crippen molar-refractivity contribution in [3.05, 3.63) is 24.3 Å². The molecule has 0 aliphatic heterocycles. The third-order valence-electron chi connectivity index (χ3n) is 4.01. The summed E-state index contributed by atoms with van der Waals surface area (Å²) in [6.45, 7) is 4.35. The van der Waals surface area contributed by atoms with Gasteiger partial charge in [-0.3, -0.25) is 0 Å². The van der Waals surface area contributed by atoms with E-state index in [4.69, 9.17) is 4.74 Å². The zero-order valence-electron chi connectivity index (χ0n) is 11.9. The van der Waals surface area contributed by atoms with E-state index >= 15 is 0 Å². The lowest BCUT2D eigenvalue weighted by molar-refractivity contribution is -0.120. The van der Waals surface area contributed by atoms with Crippen molar-refractivity contribution < 1.29 is 9.53 Å². The van der Waals surface area contributed by atoms with Gasteiger partial charge in [0.15, 0.2) is 0 Å². The van der Waals surface area contributed by atoms with Crippen molar-refractivity contribution >= 4 is 6.29 Å². The van der Waals surface area contributed by atoms with Gasteiger partial charge >= 0.3 is 0 Å². The molecule has 0 radical (unpaired) electrons. The second kappa shape index (κ2) is 7.52. The molecule has 2 unspecified atom stereocenters. The molecule has 18 heavy (non-hydrogen) atoms. The second-order valence-corrected chi connectivity index (χ2v) is 5.07. The number of rotatable bonds is 8. The van der Waals surface area contributed by atoms with Gasteiger partial charge in [-0.1, -0.05) is 57.4 Å². The van der Waals surface area contributed by atoms with Crippen LogP contribution in [0.3, 0.4) is 0 Å². The fourth-order valence-corrected chi connectivity index (χ4v) is 2.82. The number of carbonyl (C=O) groups is 1. The molecule has 0 fully saturated rings. The Morgan fingerprint density at radius 3 is 2.44 bits per heavy atom. The zero-order chi connectivity index (χ0) is 13.4. The first-order valence-corrected chi connectivity index (χ1v) is 7.09. The maximum atomic E-state index is 11.6. The van der Waals surface area contributed by atoms with E-state index in [1.807, 2.05) is 0 Å². The van der Waals surface area contributed by atoms with Crippen LogP contribution in [0.2, 0.25) is 0 Å². The van der Waals surface area contributed by atoms with Gasteiger partial charge in [0.2, 0.25) is 0 Å². The first-order chi connectivity index (χ1) is 8.74. The molecular formula is C16H26O2. The van der Waals surface area contributed by atoms with Crippen molar-refractivity contribution in [1.82, 2.24) is 0 Å². The summed E-state index contributed by atoms with van der Waals surface area (Å²) in [6.07, 6.45) is 14.8. The van der Waals surface area contributed by atoms with Gasteiger partial charge in [0.25, 0.3) is 0 Å². The van der Waals surface area contributed by atoms with Gasteiger partial charge in [0.05, 0.1) is 5.92 Å². The lowest BCUT2D eigenvalue weighted by Crippen LogP contribution is -2.42. The molecule has 2 atom stereocenters.